The molecule has 1 atom stereocenters. The van der Waals surface area contributed by atoms with Gasteiger partial charge in [-0.15, -0.1) is 5.10 Å². The van der Waals surface area contributed by atoms with Gasteiger partial charge in [0, 0.05) is 0 Å². The molecule has 0 radical (unpaired) electrons. The Labute approximate surface area is 150 Å². The van der Waals surface area contributed by atoms with Crippen molar-refractivity contribution < 1.29 is 27.4 Å². The van der Waals surface area contributed by atoms with E-state index in [4.69, 9.17) is 20.9 Å². The number of amides is 1. The normalized spacial score (nSPS) is 16.3. The highest BCUT2D eigenvalue weighted by atomic mass is 19.4. The van der Waals surface area contributed by atoms with Gasteiger partial charge in [0.25, 0.3) is 5.91 Å². The number of aromatic amines is 1. The molecule has 0 saturated carbocycles. The van der Waals surface area contributed by atoms with Crippen molar-refractivity contribution >= 4 is 5.91 Å². The van der Waals surface area contributed by atoms with Gasteiger partial charge in [-0.05, 0) is 17.7 Å². The molecule has 27 heavy (non-hydrogen) atoms. The molecule has 2 aromatic rings. The van der Waals surface area contributed by atoms with E-state index in [-0.39, 0.29) is 34.2 Å². The maximum atomic E-state index is 13.4. The number of carbonyl (C=O) groups excluding carboxylic acids is 1. The number of primary amides is 1. The van der Waals surface area contributed by atoms with E-state index in [1.54, 1.807) is 6.07 Å². The summed E-state index contributed by atoms with van der Waals surface area (Å²) in [6.07, 6.45) is -4.76. The third kappa shape index (κ3) is 3.37. The summed E-state index contributed by atoms with van der Waals surface area (Å²) in [6.45, 7) is -0.412. The fourth-order valence-electron chi connectivity index (χ4n) is 2.73. The predicted octanol–water partition coefficient (Wildman–Crippen LogP) is 1.51. The smallest absolute Gasteiger partial charge is 0.433 e. The molecular formula is C16H12F3N5O3. The first kappa shape index (κ1) is 18.1. The van der Waals surface area contributed by atoms with Gasteiger partial charge in [-0.3, -0.25) is 9.89 Å². The molecule has 2 heterocycles. The van der Waals surface area contributed by atoms with Crippen molar-refractivity contribution in [3.05, 3.63) is 52.5 Å². The fraction of sp³-hybridized carbons (Fsp3) is 0.188. The molecule has 140 valence electrons. The third-order valence-corrected chi connectivity index (χ3v) is 3.79. The van der Waals surface area contributed by atoms with Gasteiger partial charge in [0.2, 0.25) is 11.8 Å². The third-order valence-electron chi connectivity index (χ3n) is 3.79. The van der Waals surface area contributed by atoms with Crippen LogP contribution in [0.4, 0.5) is 13.2 Å². The van der Waals surface area contributed by atoms with Crippen LogP contribution in [0.15, 0.2) is 35.7 Å². The van der Waals surface area contributed by atoms with E-state index in [0.29, 0.717) is 0 Å². The zero-order valence-electron chi connectivity index (χ0n) is 13.5. The van der Waals surface area contributed by atoms with Crippen LogP contribution in [0.3, 0.4) is 0 Å². The van der Waals surface area contributed by atoms with Crippen LogP contribution in [0.5, 0.6) is 11.6 Å². The molecule has 0 fully saturated rings. The Morgan fingerprint density at radius 2 is 2.19 bits per heavy atom. The number of nitriles is 1. The molecule has 1 aromatic heterocycles. The van der Waals surface area contributed by atoms with Crippen LogP contribution in [0.25, 0.3) is 0 Å². The van der Waals surface area contributed by atoms with Crippen molar-refractivity contribution in [1.29, 1.82) is 5.26 Å². The van der Waals surface area contributed by atoms with Gasteiger partial charge >= 0.3 is 6.18 Å². The van der Waals surface area contributed by atoms with Crippen molar-refractivity contribution in [1.82, 2.24) is 10.2 Å². The first-order valence-electron chi connectivity index (χ1n) is 7.46. The second-order valence-electron chi connectivity index (χ2n) is 5.57. The van der Waals surface area contributed by atoms with E-state index in [2.05, 4.69) is 5.10 Å². The second kappa shape index (κ2) is 6.56. The fourth-order valence-corrected chi connectivity index (χ4v) is 2.73. The molecule has 0 aliphatic carbocycles. The van der Waals surface area contributed by atoms with E-state index in [9.17, 15) is 23.2 Å². The number of H-pyrrole nitrogens is 1. The SMILES string of the molecule is N#CC1=C(N)Oc2n[nH]c(C(F)(F)F)c2C1c1cccc(OCC(N)=O)c1. The minimum atomic E-state index is -4.76. The predicted molar refractivity (Wildman–Crippen MR) is 84.0 cm³/mol. The zero-order valence-corrected chi connectivity index (χ0v) is 13.5. The first-order chi connectivity index (χ1) is 12.7. The molecule has 0 saturated heterocycles. The number of fused-ring (bicyclic) bond motifs is 1. The van der Waals surface area contributed by atoms with Crippen LogP contribution in [0.2, 0.25) is 0 Å². The number of aromatic nitrogens is 2. The molecule has 0 bridgehead atoms. The van der Waals surface area contributed by atoms with Gasteiger partial charge in [0.05, 0.1) is 11.5 Å². The number of allylic oxidation sites excluding steroid dienone is 1. The Kier molecular flexibility index (Phi) is 4.40. The highest BCUT2D eigenvalue weighted by Gasteiger charge is 2.44. The Bertz CT molecular complexity index is 974. The Morgan fingerprint density at radius 1 is 1.44 bits per heavy atom. The van der Waals surface area contributed by atoms with Crippen molar-refractivity contribution in [3.8, 4) is 17.7 Å². The molecule has 1 aliphatic rings. The Morgan fingerprint density at radius 3 is 2.81 bits per heavy atom. The minimum Gasteiger partial charge on any atom is -0.484 e. The number of ether oxygens (including phenoxy) is 2. The lowest BCUT2D eigenvalue weighted by Gasteiger charge is -2.24. The maximum absolute atomic E-state index is 13.4. The number of nitrogens with zero attached hydrogens (tertiary/aromatic N) is 2. The van der Waals surface area contributed by atoms with E-state index in [1.165, 1.54) is 24.3 Å². The minimum absolute atomic E-state index is 0.187. The summed E-state index contributed by atoms with van der Waals surface area (Å²) < 4.78 is 50.4. The zero-order chi connectivity index (χ0) is 19.8. The highest BCUT2D eigenvalue weighted by Crippen LogP contribution is 2.47. The van der Waals surface area contributed by atoms with Gasteiger partial charge in [0.15, 0.2) is 6.61 Å². The summed E-state index contributed by atoms with van der Waals surface area (Å²) in [7, 11) is 0. The highest BCUT2D eigenvalue weighted by molar-refractivity contribution is 5.75. The lowest BCUT2D eigenvalue weighted by atomic mass is 9.84. The van der Waals surface area contributed by atoms with E-state index < -0.39 is 30.3 Å². The number of alkyl halides is 3. The van der Waals surface area contributed by atoms with Crippen molar-refractivity contribution in [3.63, 3.8) is 0 Å². The summed E-state index contributed by atoms with van der Waals surface area (Å²) in [5, 5.41) is 14.8. The number of halogens is 3. The molecule has 1 aromatic carbocycles. The molecular weight excluding hydrogens is 367 g/mol. The quantitative estimate of drug-likeness (QED) is 0.736. The molecule has 1 aliphatic heterocycles. The van der Waals surface area contributed by atoms with Crippen LogP contribution < -0.4 is 20.9 Å². The standard InChI is InChI=1S/C16H12F3N5O3/c17-16(18,19)13-12-11(9(5-20)14(22)27-15(12)24-23-13)7-2-1-3-8(4-7)26-6-10(21)25/h1-4,11H,6,22H2,(H2,21,25)(H,23,24). The van der Waals surface area contributed by atoms with Crippen LogP contribution in [0, 0.1) is 11.3 Å². The van der Waals surface area contributed by atoms with Gasteiger partial charge in [-0.2, -0.15) is 18.4 Å². The van der Waals surface area contributed by atoms with Crippen LogP contribution >= 0.6 is 0 Å². The van der Waals surface area contributed by atoms with Crippen LogP contribution in [0.1, 0.15) is 22.7 Å². The number of hydrogen-bond acceptors (Lipinski definition) is 6. The van der Waals surface area contributed by atoms with Crippen LogP contribution in [-0.4, -0.2) is 22.7 Å². The average Bonchev–Trinajstić information content (AvgIpc) is 3.02. The molecule has 11 heteroatoms. The van der Waals surface area contributed by atoms with Crippen molar-refractivity contribution in [2.45, 2.75) is 12.1 Å². The first-order valence-corrected chi connectivity index (χ1v) is 7.46. The molecule has 0 spiro atoms. The largest absolute Gasteiger partial charge is 0.484 e. The number of nitrogens with two attached hydrogens (primary N) is 2. The summed E-state index contributed by atoms with van der Waals surface area (Å²) in [5.74, 6) is -2.44. The number of benzene rings is 1. The van der Waals surface area contributed by atoms with Gasteiger partial charge in [-0.25, -0.2) is 0 Å². The van der Waals surface area contributed by atoms with E-state index >= 15 is 0 Å². The lowest BCUT2D eigenvalue weighted by molar-refractivity contribution is -0.141. The van der Waals surface area contributed by atoms with E-state index in [1.807, 2.05) is 5.10 Å². The Hall–Kier alpha value is -3.68. The topological polar surface area (TPSA) is 140 Å². The summed E-state index contributed by atoms with van der Waals surface area (Å²) >= 11 is 0. The maximum Gasteiger partial charge on any atom is 0.433 e. The van der Waals surface area contributed by atoms with Gasteiger partial charge < -0.3 is 20.9 Å². The monoisotopic (exact) mass is 379 g/mol. The number of nitrogens with one attached hydrogen (secondary N) is 1. The van der Waals surface area contributed by atoms with Gasteiger partial charge in [0.1, 0.15) is 23.1 Å². The average molecular weight is 379 g/mol. The molecule has 1 unspecified atom stereocenters. The molecule has 1 amide bonds. The molecule has 3 rings (SSSR count). The molecule has 8 nitrogen and oxygen atoms in total. The lowest BCUT2D eigenvalue weighted by Crippen LogP contribution is -2.23. The summed E-state index contributed by atoms with van der Waals surface area (Å²) in [6, 6.07) is 7.66. The van der Waals surface area contributed by atoms with Crippen molar-refractivity contribution in [2.75, 3.05) is 6.61 Å². The molecule has 5 N–H and O–H groups in total. The Balaban J connectivity index is 2.14. The summed E-state index contributed by atoms with van der Waals surface area (Å²) in [4.78, 5) is 10.9. The van der Waals surface area contributed by atoms with Crippen molar-refractivity contribution in [2.24, 2.45) is 11.5 Å². The second-order valence-corrected chi connectivity index (χ2v) is 5.57. The summed E-state index contributed by atoms with van der Waals surface area (Å²) in [5.41, 5.74) is 9.27. The number of carbonyl (C=O) groups is 1. The van der Waals surface area contributed by atoms with E-state index in [0.717, 1.165) is 0 Å². The van der Waals surface area contributed by atoms with Crippen LogP contribution in [-0.2, 0) is 11.0 Å². The number of hydrogen-bond donors (Lipinski definition) is 3. The van der Waals surface area contributed by atoms with Gasteiger partial charge in [-0.1, -0.05) is 12.1 Å². The number of rotatable bonds is 4.